The van der Waals surface area contributed by atoms with E-state index < -0.39 is 16.8 Å². The summed E-state index contributed by atoms with van der Waals surface area (Å²) in [7, 11) is 0. The topological polar surface area (TPSA) is 62.2 Å². The maximum Gasteiger partial charge on any atom is 0.327 e. The highest BCUT2D eigenvalue weighted by Crippen LogP contribution is 2.20. The molecule has 4 nitrogen and oxygen atoms in total. The van der Waals surface area contributed by atoms with Crippen molar-refractivity contribution in [3.05, 3.63) is 24.4 Å². The quantitative estimate of drug-likeness (QED) is 0.683. The average Bonchev–Trinajstić information content (AvgIpc) is 2.13. The second kappa shape index (κ2) is 4.53. The van der Waals surface area contributed by atoms with E-state index in [4.69, 9.17) is 5.11 Å². The summed E-state index contributed by atoms with van der Waals surface area (Å²) in [5.74, 6) is -0.410. The third-order valence-electron chi connectivity index (χ3n) is 1.91. The van der Waals surface area contributed by atoms with Crippen LogP contribution in [0.1, 0.15) is 13.8 Å². The van der Waals surface area contributed by atoms with E-state index in [2.05, 4.69) is 22.9 Å². The standard InChI is InChI=1S/C10H14N2O2S/c1-10(2,15)8(9(13)14)12-7-5-3-4-6-11-7/h3-6,8,15H,1-2H3,(H,11,12)(H,13,14)/t8-/m0/s1. The van der Waals surface area contributed by atoms with E-state index >= 15 is 0 Å². The van der Waals surface area contributed by atoms with Crippen LogP contribution in [-0.4, -0.2) is 26.8 Å². The van der Waals surface area contributed by atoms with Gasteiger partial charge in [0, 0.05) is 10.9 Å². The molecule has 0 radical (unpaired) electrons. The number of anilines is 1. The summed E-state index contributed by atoms with van der Waals surface area (Å²) in [6, 6.07) is 4.50. The summed E-state index contributed by atoms with van der Waals surface area (Å²) in [6.07, 6.45) is 1.60. The molecule has 5 heteroatoms. The van der Waals surface area contributed by atoms with E-state index in [0.29, 0.717) is 5.82 Å². The van der Waals surface area contributed by atoms with Gasteiger partial charge in [0.05, 0.1) is 0 Å². The van der Waals surface area contributed by atoms with Gasteiger partial charge in [-0.3, -0.25) is 0 Å². The summed E-state index contributed by atoms with van der Waals surface area (Å²) >= 11 is 4.25. The largest absolute Gasteiger partial charge is 0.480 e. The first-order valence-electron chi connectivity index (χ1n) is 4.54. The zero-order valence-corrected chi connectivity index (χ0v) is 9.53. The minimum absolute atomic E-state index is 0.534. The van der Waals surface area contributed by atoms with Crippen molar-refractivity contribution < 1.29 is 9.90 Å². The molecular formula is C10H14N2O2S. The first kappa shape index (κ1) is 11.8. The van der Waals surface area contributed by atoms with Gasteiger partial charge in [0.15, 0.2) is 0 Å². The van der Waals surface area contributed by atoms with Crippen LogP contribution in [0.2, 0.25) is 0 Å². The lowest BCUT2D eigenvalue weighted by Crippen LogP contribution is -2.44. The van der Waals surface area contributed by atoms with Crippen molar-refractivity contribution in [2.75, 3.05) is 5.32 Å². The summed E-state index contributed by atoms with van der Waals surface area (Å²) < 4.78 is -0.663. The molecule has 0 saturated heterocycles. The van der Waals surface area contributed by atoms with Gasteiger partial charge in [-0.05, 0) is 26.0 Å². The predicted molar refractivity (Wildman–Crippen MR) is 62.3 cm³/mol. The van der Waals surface area contributed by atoms with Crippen LogP contribution in [-0.2, 0) is 4.79 Å². The van der Waals surface area contributed by atoms with Gasteiger partial charge in [-0.25, -0.2) is 9.78 Å². The van der Waals surface area contributed by atoms with E-state index in [9.17, 15) is 4.79 Å². The smallest absolute Gasteiger partial charge is 0.327 e. The molecule has 0 amide bonds. The van der Waals surface area contributed by atoms with Crippen molar-refractivity contribution in [2.45, 2.75) is 24.6 Å². The van der Waals surface area contributed by atoms with Crippen LogP contribution in [0.15, 0.2) is 24.4 Å². The fourth-order valence-corrected chi connectivity index (χ4v) is 1.31. The molecule has 0 bridgehead atoms. The fourth-order valence-electron chi connectivity index (χ4n) is 1.14. The van der Waals surface area contributed by atoms with Crippen molar-refractivity contribution in [3.8, 4) is 0 Å². The van der Waals surface area contributed by atoms with Crippen LogP contribution >= 0.6 is 12.6 Å². The number of pyridine rings is 1. The molecule has 0 saturated carbocycles. The van der Waals surface area contributed by atoms with Gasteiger partial charge in [-0.2, -0.15) is 12.6 Å². The molecule has 15 heavy (non-hydrogen) atoms. The number of hydrogen-bond donors (Lipinski definition) is 3. The molecule has 0 unspecified atom stereocenters. The van der Waals surface area contributed by atoms with Crippen molar-refractivity contribution in [2.24, 2.45) is 0 Å². The highest BCUT2D eigenvalue weighted by Gasteiger charge is 2.32. The highest BCUT2D eigenvalue weighted by molar-refractivity contribution is 7.81. The maximum absolute atomic E-state index is 11.0. The normalized spacial score (nSPS) is 13.3. The summed E-state index contributed by atoms with van der Waals surface area (Å²) in [5.41, 5.74) is 0. The Kier molecular flexibility index (Phi) is 3.57. The number of carboxylic acid groups (broad SMARTS) is 1. The first-order chi connectivity index (χ1) is 6.91. The van der Waals surface area contributed by atoms with Gasteiger partial charge in [0.25, 0.3) is 0 Å². The molecule has 1 atom stereocenters. The zero-order valence-electron chi connectivity index (χ0n) is 8.64. The lowest BCUT2D eigenvalue weighted by molar-refractivity contribution is -0.138. The molecule has 0 aliphatic carbocycles. The monoisotopic (exact) mass is 226 g/mol. The Morgan fingerprint density at radius 2 is 2.27 bits per heavy atom. The van der Waals surface area contributed by atoms with Crippen LogP contribution in [0.25, 0.3) is 0 Å². The van der Waals surface area contributed by atoms with E-state index in [-0.39, 0.29) is 0 Å². The molecule has 1 heterocycles. The van der Waals surface area contributed by atoms with Crippen molar-refractivity contribution in [1.29, 1.82) is 0 Å². The molecule has 1 aromatic heterocycles. The molecule has 2 N–H and O–H groups in total. The Labute approximate surface area is 94.1 Å². The SMILES string of the molecule is CC(C)(S)[C@@H](Nc1ccccn1)C(=O)O. The molecule has 82 valence electrons. The van der Waals surface area contributed by atoms with Gasteiger partial charge >= 0.3 is 5.97 Å². The highest BCUT2D eigenvalue weighted by atomic mass is 32.1. The molecule has 0 spiro atoms. The minimum Gasteiger partial charge on any atom is -0.480 e. The number of aromatic nitrogens is 1. The Bertz CT molecular complexity index is 335. The van der Waals surface area contributed by atoms with Gasteiger partial charge in [0.2, 0.25) is 0 Å². The van der Waals surface area contributed by atoms with Crippen LogP contribution in [0.5, 0.6) is 0 Å². The van der Waals surface area contributed by atoms with Gasteiger partial charge in [-0.15, -0.1) is 0 Å². The molecule has 0 fully saturated rings. The third kappa shape index (κ3) is 3.43. The Morgan fingerprint density at radius 1 is 1.60 bits per heavy atom. The minimum atomic E-state index is -0.944. The van der Waals surface area contributed by atoms with Crippen LogP contribution in [0.3, 0.4) is 0 Å². The summed E-state index contributed by atoms with van der Waals surface area (Å²) in [4.78, 5) is 15.0. The molecular weight excluding hydrogens is 212 g/mol. The van der Waals surface area contributed by atoms with E-state index in [1.807, 2.05) is 0 Å². The molecule has 1 rings (SSSR count). The van der Waals surface area contributed by atoms with Gasteiger partial charge < -0.3 is 10.4 Å². The van der Waals surface area contributed by atoms with E-state index in [1.165, 1.54) is 0 Å². The number of carboxylic acids is 1. The number of aliphatic carboxylic acids is 1. The fraction of sp³-hybridized carbons (Fsp3) is 0.400. The predicted octanol–water partition coefficient (Wildman–Crippen LogP) is 1.66. The Morgan fingerprint density at radius 3 is 2.67 bits per heavy atom. The second-order valence-electron chi connectivity index (χ2n) is 3.78. The molecule has 1 aromatic rings. The van der Waals surface area contributed by atoms with Gasteiger partial charge in [0.1, 0.15) is 11.9 Å². The molecule has 0 aliphatic rings. The lowest BCUT2D eigenvalue weighted by atomic mass is 10.0. The zero-order chi connectivity index (χ0) is 11.5. The van der Waals surface area contributed by atoms with Crippen LogP contribution in [0.4, 0.5) is 5.82 Å². The number of hydrogen-bond acceptors (Lipinski definition) is 4. The second-order valence-corrected chi connectivity index (χ2v) is 4.94. The number of carbonyl (C=O) groups is 1. The van der Waals surface area contributed by atoms with Crippen LogP contribution in [0, 0.1) is 0 Å². The summed E-state index contributed by atoms with van der Waals surface area (Å²) in [6.45, 7) is 3.48. The lowest BCUT2D eigenvalue weighted by Gasteiger charge is -2.27. The third-order valence-corrected chi connectivity index (χ3v) is 2.17. The van der Waals surface area contributed by atoms with Crippen LogP contribution < -0.4 is 5.32 Å². The number of rotatable bonds is 4. The Hall–Kier alpha value is -1.23. The summed E-state index contributed by atoms with van der Waals surface area (Å²) in [5, 5.41) is 11.9. The van der Waals surface area contributed by atoms with Crippen molar-refractivity contribution in [1.82, 2.24) is 4.98 Å². The first-order valence-corrected chi connectivity index (χ1v) is 4.99. The van der Waals surface area contributed by atoms with Crippen molar-refractivity contribution in [3.63, 3.8) is 0 Å². The molecule has 0 aliphatic heterocycles. The average molecular weight is 226 g/mol. The molecule has 0 aromatic carbocycles. The van der Waals surface area contributed by atoms with E-state index in [1.54, 1.807) is 38.2 Å². The number of nitrogens with zero attached hydrogens (tertiary/aromatic N) is 1. The Balaban J connectivity index is 2.82. The number of thiol groups is 1. The van der Waals surface area contributed by atoms with E-state index in [0.717, 1.165) is 0 Å². The maximum atomic E-state index is 11.0. The number of nitrogens with one attached hydrogen (secondary N) is 1. The van der Waals surface area contributed by atoms with Crippen molar-refractivity contribution >= 4 is 24.4 Å². The van der Waals surface area contributed by atoms with Gasteiger partial charge in [-0.1, -0.05) is 6.07 Å².